The van der Waals surface area contributed by atoms with E-state index >= 15 is 0 Å². The molecule has 2 aromatic heterocycles. The van der Waals surface area contributed by atoms with Crippen molar-refractivity contribution in [1.82, 2.24) is 9.97 Å². The van der Waals surface area contributed by atoms with E-state index < -0.39 is 0 Å². The van der Waals surface area contributed by atoms with E-state index in [2.05, 4.69) is 9.97 Å². The molecule has 0 N–H and O–H groups in total. The minimum Gasteiger partial charge on any atom is -0.455 e. The van der Waals surface area contributed by atoms with Crippen LogP contribution in [0.4, 0.5) is 0 Å². The van der Waals surface area contributed by atoms with E-state index in [4.69, 9.17) is 27.9 Å². The van der Waals surface area contributed by atoms with Crippen LogP contribution in [-0.2, 0) is 6.42 Å². The van der Waals surface area contributed by atoms with Gasteiger partial charge in [-0.2, -0.15) is 0 Å². The molecule has 0 bridgehead atoms. The van der Waals surface area contributed by atoms with E-state index in [0.29, 0.717) is 21.7 Å². The number of hydrogen-bond donors (Lipinski definition) is 0. The molecular weight excluding hydrogens is 271 g/mol. The Bertz CT molecular complexity index is 573. The largest absolute Gasteiger partial charge is 0.455 e. The van der Waals surface area contributed by atoms with E-state index in [1.165, 1.54) is 0 Å². The van der Waals surface area contributed by atoms with Gasteiger partial charge >= 0.3 is 0 Å². The van der Waals surface area contributed by atoms with Gasteiger partial charge in [-0.15, -0.1) is 0 Å². The zero-order valence-corrected chi connectivity index (χ0v) is 11.6. The summed E-state index contributed by atoms with van der Waals surface area (Å²) in [6, 6.07) is 5.15. The molecule has 94 valence electrons. The number of ether oxygens (including phenoxy) is 1. The maximum Gasteiger partial charge on any atom is 0.150 e. The first kappa shape index (κ1) is 13.1. The Morgan fingerprint density at radius 2 is 2.06 bits per heavy atom. The van der Waals surface area contributed by atoms with Gasteiger partial charge in [-0.25, -0.2) is 4.98 Å². The molecule has 0 unspecified atom stereocenters. The summed E-state index contributed by atoms with van der Waals surface area (Å²) in [6.45, 7) is 3.89. The van der Waals surface area contributed by atoms with Crippen LogP contribution in [0, 0.1) is 6.92 Å². The number of nitrogens with zero attached hydrogens (tertiary/aromatic N) is 2. The normalized spacial score (nSPS) is 10.4. The highest BCUT2D eigenvalue weighted by Gasteiger charge is 2.08. The van der Waals surface area contributed by atoms with Gasteiger partial charge in [0, 0.05) is 18.3 Å². The Balaban J connectivity index is 2.32. The molecule has 0 amide bonds. The zero-order valence-electron chi connectivity index (χ0n) is 10.1. The first-order chi connectivity index (χ1) is 8.60. The monoisotopic (exact) mass is 282 g/mol. The van der Waals surface area contributed by atoms with Crippen molar-refractivity contribution in [2.24, 2.45) is 0 Å². The number of hydrogen-bond acceptors (Lipinski definition) is 3. The summed E-state index contributed by atoms with van der Waals surface area (Å²) in [4.78, 5) is 8.30. The van der Waals surface area contributed by atoms with Gasteiger partial charge in [0.2, 0.25) is 0 Å². The minimum absolute atomic E-state index is 0.384. The molecular formula is C13H12Cl2N2O. The van der Waals surface area contributed by atoms with E-state index in [0.717, 1.165) is 17.8 Å². The zero-order chi connectivity index (χ0) is 13.1. The molecule has 2 heterocycles. The smallest absolute Gasteiger partial charge is 0.150 e. The number of aryl methyl sites for hydroxylation is 2. The fourth-order valence-electron chi connectivity index (χ4n) is 1.54. The van der Waals surface area contributed by atoms with Crippen LogP contribution in [0.25, 0.3) is 0 Å². The fraction of sp³-hybridized carbons (Fsp3) is 0.231. The highest BCUT2D eigenvalue weighted by molar-refractivity contribution is 6.31. The van der Waals surface area contributed by atoms with Crippen LogP contribution in [0.3, 0.4) is 0 Å². The van der Waals surface area contributed by atoms with Gasteiger partial charge in [0.1, 0.15) is 16.7 Å². The molecule has 2 aromatic rings. The predicted molar refractivity (Wildman–Crippen MR) is 72.7 cm³/mol. The standard InChI is InChI=1S/C13H12Cl2N2O/c1-3-11-10(14)7-12(8(2)17-11)18-9-4-5-16-13(15)6-9/h4-7H,3H2,1-2H3. The van der Waals surface area contributed by atoms with Crippen LogP contribution in [0.5, 0.6) is 11.5 Å². The number of aromatic nitrogens is 2. The van der Waals surface area contributed by atoms with Crippen molar-refractivity contribution < 1.29 is 4.74 Å². The summed E-state index contributed by atoms with van der Waals surface area (Å²) in [6.07, 6.45) is 2.38. The van der Waals surface area contributed by atoms with Crippen molar-refractivity contribution in [3.63, 3.8) is 0 Å². The second-order valence-corrected chi connectivity index (χ2v) is 4.56. The molecule has 0 radical (unpaired) electrons. The van der Waals surface area contributed by atoms with Crippen LogP contribution < -0.4 is 4.74 Å². The molecule has 0 aliphatic rings. The summed E-state index contributed by atoms with van der Waals surface area (Å²) in [5, 5.41) is 0.993. The van der Waals surface area contributed by atoms with Crippen molar-refractivity contribution in [1.29, 1.82) is 0 Å². The van der Waals surface area contributed by atoms with Gasteiger partial charge in [-0.1, -0.05) is 30.1 Å². The second-order valence-electron chi connectivity index (χ2n) is 3.77. The topological polar surface area (TPSA) is 35.0 Å². The van der Waals surface area contributed by atoms with Crippen LogP contribution in [0.2, 0.25) is 10.2 Å². The fourth-order valence-corrected chi connectivity index (χ4v) is 1.98. The summed E-state index contributed by atoms with van der Waals surface area (Å²) in [5.41, 5.74) is 1.67. The summed E-state index contributed by atoms with van der Waals surface area (Å²) in [5.74, 6) is 1.24. The Kier molecular flexibility index (Phi) is 4.04. The van der Waals surface area contributed by atoms with Crippen LogP contribution in [0.15, 0.2) is 24.4 Å². The molecule has 0 atom stereocenters. The van der Waals surface area contributed by atoms with E-state index in [-0.39, 0.29) is 0 Å². The average Bonchev–Trinajstić information content (AvgIpc) is 2.33. The number of rotatable bonds is 3. The minimum atomic E-state index is 0.384. The first-order valence-corrected chi connectivity index (χ1v) is 6.31. The molecule has 0 aliphatic carbocycles. The Morgan fingerprint density at radius 1 is 1.28 bits per heavy atom. The summed E-state index contributed by atoms with van der Waals surface area (Å²) < 4.78 is 5.70. The van der Waals surface area contributed by atoms with Crippen molar-refractivity contribution in [2.45, 2.75) is 20.3 Å². The highest BCUT2D eigenvalue weighted by Crippen LogP contribution is 2.29. The maximum absolute atomic E-state index is 6.12. The van der Waals surface area contributed by atoms with Crippen molar-refractivity contribution in [3.05, 3.63) is 46.0 Å². The van der Waals surface area contributed by atoms with Crippen molar-refractivity contribution >= 4 is 23.2 Å². The lowest BCUT2D eigenvalue weighted by Crippen LogP contribution is -1.96. The average molecular weight is 283 g/mol. The Morgan fingerprint density at radius 3 is 2.72 bits per heavy atom. The summed E-state index contributed by atoms with van der Waals surface area (Å²) >= 11 is 11.9. The Labute approximate surface area is 116 Å². The van der Waals surface area contributed by atoms with Gasteiger partial charge in [-0.3, -0.25) is 4.98 Å². The van der Waals surface area contributed by atoms with E-state index in [1.54, 1.807) is 24.4 Å². The van der Waals surface area contributed by atoms with E-state index in [9.17, 15) is 0 Å². The molecule has 0 fully saturated rings. The van der Waals surface area contributed by atoms with E-state index in [1.807, 2.05) is 13.8 Å². The molecule has 5 heteroatoms. The molecule has 2 rings (SSSR count). The van der Waals surface area contributed by atoms with Gasteiger partial charge in [0.05, 0.1) is 16.4 Å². The quantitative estimate of drug-likeness (QED) is 0.781. The van der Waals surface area contributed by atoms with Crippen LogP contribution >= 0.6 is 23.2 Å². The molecule has 3 nitrogen and oxygen atoms in total. The molecule has 0 saturated carbocycles. The Hall–Kier alpha value is -1.32. The summed E-state index contributed by atoms with van der Waals surface area (Å²) in [7, 11) is 0. The third-order valence-electron chi connectivity index (χ3n) is 2.45. The lowest BCUT2D eigenvalue weighted by atomic mass is 10.2. The van der Waals surface area contributed by atoms with Crippen molar-refractivity contribution in [3.8, 4) is 11.5 Å². The molecule has 0 spiro atoms. The molecule has 0 saturated heterocycles. The lowest BCUT2D eigenvalue weighted by molar-refractivity contribution is 0.474. The third kappa shape index (κ3) is 2.92. The molecule has 0 aromatic carbocycles. The molecule has 18 heavy (non-hydrogen) atoms. The highest BCUT2D eigenvalue weighted by atomic mass is 35.5. The predicted octanol–water partition coefficient (Wildman–Crippen LogP) is 4.45. The van der Waals surface area contributed by atoms with Gasteiger partial charge in [-0.05, 0) is 19.4 Å². The van der Waals surface area contributed by atoms with Crippen LogP contribution in [0.1, 0.15) is 18.3 Å². The van der Waals surface area contributed by atoms with Gasteiger partial charge in [0.15, 0.2) is 0 Å². The van der Waals surface area contributed by atoms with Crippen LogP contribution in [-0.4, -0.2) is 9.97 Å². The van der Waals surface area contributed by atoms with Gasteiger partial charge < -0.3 is 4.74 Å². The maximum atomic E-state index is 6.12. The SMILES string of the molecule is CCc1nc(C)c(Oc2ccnc(Cl)c2)cc1Cl. The molecule has 0 aliphatic heterocycles. The first-order valence-electron chi connectivity index (χ1n) is 5.55. The number of pyridine rings is 2. The van der Waals surface area contributed by atoms with Crippen molar-refractivity contribution in [2.75, 3.05) is 0 Å². The van der Waals surface area contributed by atoms with Gasteiger partial charge in [0.25, 0.3) is 0 Å². The number of halogens is 2. The third-order valence-corrected chi connectivity index (χ3v) is 2.99. The second kappa shape index (κ2) is 5.55. The lowest BCUT2D eigenvalue weighted by Gasteiger charge is -2.10.